The minimum Gasteiger partial charge on any atom is -0.376 e. The number of carbonyl (C=O) groups is 1. The Labute approximate surface area is 142 Å². The molecule has 2 aliphatic heterocycles. The summed E-state index contributed by atoms with van der Waals surface area (Å²) in [6, 6.07) is 6.46. The van der Waals surface area contributed by atoms with Gasteiger partial charge >= 0.3 is 0 Å². The molecule has 0 aromatic heterocycles. The van der Waals surface area contributed by atoms with Crippen LogP contribution in [0.15, 0.2) is 24.3 Å². The van der Waals surface area contributed by atoms with Crippen molar-refractivity contribution in [3.8, 4) is 0 Å². The second-order valence-corrected chi connectivity index (χ2v) is 6.56. The summed E-state index contributed by atoms with van der Waals surface area (Å²) in [5.41, 5.74) is 1.03. The number of amides is 1. The molecule has 24 heavy (non-hydrogen) atoms. The molecule has 0 radical (unpaired) electrons. The van der Waals surface area contributed by atoms with Gasteiger partial charge in [-0.3, -0.25) is 9.69 Å². The number of carbonyl (C=O) groups excluding carboxylic acids is 1. The lowest BCUT2D eigenvalue weighted by Gasteiger charge is -2.38. The highest BCUT2D eigenvalue weighted by atomic mass is 19.1. The van der Waals surface area contributed by atoms with Crippen molar-refractivity contribution in [3.05, 3.63) is 30.1 Å². The fraction of sp³-hybridized carbons (Fsp3) is 0.611. The first kappa shape index (κ1) is 17.2. The topological polar surface area (TPSA) is 44.8 Å². The highest BCUT2D eigenvalue weighted by Crippen LogP contribution is 2.18. The first-order valence-electron chi connectivity index (χ1n) is 8.77. The van der Waals surface area contributed by atoms with E-state index in [1.54, 1.807) is 0 Å². The largest absolute Gasteiger partial charge is 0.376 e. The van der Waals surface area contributed by atoms with Gasteiger partial charge in [0.1, 0.15) is 5.82 Å². The average Bonchev–Trinajstić information content (AvgIpc) is 3.13. The Hall–Kier alpha value is -1.66. The van der Waals surface area contributed by atoms with Crippen molar-refractivity contribution in [3.63, 3.8) is 0 Å². The molecule has 2 saturated heterocycles. The second-order valence-electron chi connectivity index (χ2n) is 6.56. The van der Waals surface area contributed by atoms with Gasteiger partial charge in [-0.1, -0.05) is 0 Å². The molecule has 1 aromatic rings. The Morgan fingerprint density at radius 2 is 2.00 bits per heavy atom. The van der Waals surface area contributed by atoms with Crippen LogP contribution >= 0.6 is 0 Å². The maximum atomic E-state index is 13.0. The fourth-order valence-corrected chi connectivity index (χ4v) is 3.35. The van der Waals surface area contributed by atoms with Crippen molar-refractivity contribution in [2.45, 2.75) is 31.9 Å². The first-order chi connectivity index (χ1) is 11.6. The Bertz CT molecular complexity index is 538. The van der Waals surface area contributed by atoms with Gasteiger partial charge in [-0.15, -0.1) is 0 Å². The number of hydrogen-bond donors (Lipinski definition) is 1. The van der Waals surface area contributed by atoms with Gasteiger partial charge in [0, 0.05) is 45.0 Å². The molecule has 0 spiro atoms. The van der Waals surface area contributed by atoms with E-state index < -0.39 is 0 Å². The average molecular weight is 335 g/mol. The SMILES string of the molecule is C[C@H](C(=O)NC[C@H]1CCCO1)N1CCN(c2ccc(F)cc2)CC1. The van der Waals surface area contributed by atoms with Gasteiger partial charge in [0.15, 0.2) is 0 Å². The minimum absolute atomic E-state index is 0.0701. The van der Waals surface area contributed by atoms with E-state index >= 15 is 0 Å². The third-order valence-electron chi connectivity index (χ3n) is 4.96. The number of anilines is 1. The van der Waals surface area contributed by atoms with Crippen LogP contribution in [0, 0.1) is 5.82 Å². The van der Waals surface area contributed by atoms with Gasteiger partial charge in [-0.05, 0) is 44.0 Å². The maximum Gasteiger partial charge on any atom is 0.237 e. The number of ether oxygens (including phenoxy) is 1. The Morgan fingerprint density at radius 3 is 2.62 bits per heavy atom. The summed E-state index contributed by atoms with van der Waals surface area (Å²) in [5, 5.41) is 3.01. The molecule has 1 aromatic carbocycles. The van der Waals surface area contributed by atoms with E-state index in [2.05, 4.69) is 15.1 Å². The van der Waals surface area contributed by atoms with Crippen molar-refractivity contribution in [2.75, 3.05) is 44.2 Å². The van der Waals surface area contributed by atoms with Crippen LogP contribution in [0.2, 0.25) is 0 Å². The summed E-state index contributed by atoms with van der Waals surface area (Å²) < 4.78 is 18.6. The van der Waals surface area contributed by atoms with E-state index in [4.69, 9.17) is 4.74 Å². The van der Waals surface area contributed by atoms with Gasteiger partial charge in [0.05, 0.1) is 12.1 Å². The predicted octanol–water partition coefficient (Wildman–Crippen LogP) is 1.63. The quantitative estimate of drug-likeness (QED) is 0.888. The molecule has 1 amide bonds. The van der Waals surface area contributed by atoms with E-state index in [-0.39, 0.29) is 23.9 Å². The summed E-state index contributed by atoms with van der Waals surface area (Å²) >= 11 is 0. The zero-order valence-corrected chi connectivity index (χ0v) is 14.2. The standard InChI is InChI=1S/C18H26FN3O2/c1-14(18(23)20-13-17-3-2-12-24-17)21-8-10-22(11-9-21)16-6-4-15(19)5-7-16/h4-7,14,17H,2-3,8-13H2,1H3,(H,20,23)/t14-,17-/m1/s1. The molecule has 0 aliphatic carbocycles. The molecule has 3 rings (SSSR count). The molecule has 5 nitrogen and oxygen atoms in total. The van der Waals surface area contributed by atoms with Crippen LogP contribution in [-0.2, 0) is 9.53 Å². The number of hydrogen-bond acceptors (Lipinski definition) is 4. The molecule has 2 heterocycles. The molecule has 2 atom stereocenters. The normalized spacial score (nSPS) is 23.2. The number of piperazine rings is 1. The van der Waals surface area contributed by atoms with Crippen molar-refractivity contribution >= 4 is 11.6 Å². The summed E-state index contributed by atoms with van der Waals surface area (Å²) in [4.78, 5) is 16.8. The lowest BCUT2D eigenvalue weighted by Crippen LogP contribution is -2.54. The minimum atomic E-state index is -0.214. The zero-order valence-electron chi connectivity index (χ0n) is 14.2. The highest BCUT2D eigenvalue weighted by molar-refractivity contribution is 5.81. The molecule has 2 fully saturated rings. The molecule has 2 aliphatic rings. The van der Waals surface area contributed by atoms with E-state index in [0.29, 0.717) is 6.54 Å². The lowest BCUT2D eigenvalue weighted by atomic mass is 10.2. The number of nitrogens with zero attached hydrogens (tertiary/aromatic N) is 2. The van der Waals surface area contributed by atoms with Gasteiger partial charge in [-0.25, -0.2) is 4.39 Å². The second kappa shape index (κ2) is 7.94. The fourth-order valence-electron chi connectivity index (χ4n) is 3.35. The summed E-state index contributed by atoms with van der Waals surface area (Å²) in [6.07, 6.45) is 2.29. The number of benzene rings is 1. The molecular formula is C18H26FN3O2. The van der Waals surface area contributed by atoms with E-state index in [9.17, 15) is 9.18 Å². The number of halogens is 1. The summed E-state index contributed by atoms with van der Waals surface area (Å²) in [5.74, 6) is -0.144. The number of rotatable bonds is 5. The molecule has 1 N–H and O–H groups in total. The van der Waals surface area contributed by atoms with Crippen LogP contribution in [0.3, 0.4) is 0 Å². The van der Waals surface area contributed by atoms with Crippen LogP contribution < -0.4 is 10.2 Å². The summed E-state index contributed by atoms with van der Waals surface area (Å²) in [7, 11) is 0. The lowest BCUT2D eigenvalue weighted by molar-refractivity contribution is -0.126. The smallest absolute Gasteiger partial charge is 0.237 e. The van der Waals surface area contributed by atoms with E-state index in [1.165, 1.54) is 12.1 Å². The monoisotopic (exact) mass is 335 g/mol. The van der Waals surface area contributed by atoms with Gasteiger partial charge < -0.3 is 15.0 Å². The Kier molecular flexibility index (Phi) is 5.68. The highest BCUT2D eigenvalue weighted by Gasteiger charge is 2.26. The van der Waals surface area contributed by atoms with Crippen LogP contribution in [-0.4, -0.2) is 62.3 Å². The molecular weight excluding hydrogens is 309 g/mol. The molecule has 0 saturated carbocycles. The van der Waals surface area contributed by atoms with Crippen molar-refractivity contribution < 1.29 is 13.9 Å². The summed E-state index contributed by atoms with van der Waals surface area (Å²) in [6.45, 7) is 6.71. The molecule has 132 valence electrons. The van der Waals surface area contributed by atoms with Gasteiger partial charge in [0.25, 0.3) is 0 Å². The number of nitrogens with one attached hydrogen (secondary N) is 1. The molecule has 0 unspecified atom stereocenters. The predicted molar refractivity (Wildman–Crippen MR) is 91.6 cm³/mol. The van der Waals surface area contributed by atoms with Crippen molar-refractivity contribution in [1.29, 1.82) is 0 Å². The third-order valence-corrected chi connectivity index (χ3v) is 4.96. The van der Waals surface area contributed by atoms with Crippen LogP contribution in [0.4, 0.5) is 10.1 Å². The van der Waals surface area contributed by atoms with Crippen LogP contribution in [0.25, 0.3) is 0 Å². The Balaban J connectivity index is 1.44. The molecule has 6 heteroatoms. The van der Waals surface area contributed by atoms with Crippen molar-refractivity contribution in [1.82, 2.24) is 10.2 Å². The Morgan fingerprint density at radius 1 is 1.29 bits per heavy atom. The van der Waals surface area contributed by atoms with Gasteiger partial charge in [-0.2, -0.15) is 0 Å². The van der Waals surface area contributed by atoms with Gasteiger partial charge in [0.2, 0.25) is 5.91 Å². The first-order valence-corrected chi connectivity index (χ1v) is 8.77. The molecule has 0 bridgehead atoms. The van der Waals surface area contributed by atoms with E-state index in [1.807, 2.05) is 19.1 Å². The third kappa shape index (κ3) is 4.24. The van der Waals surface area contributed by atoms with Crippen molar-refractivity contribution in [2.24, 2.45) is 0 Å². The maximum absolute atomic E-state index is 13.0. The zero-order chi connectivity index (χ0) is 16.9. The van der Waals surface area contributed by atoms with Crippen LogP contribution in [0.5, 0.6) is 0 Å². The van der Waals surface area contributed by atoms with E-state index in [0.717, 1.165) is 51.3 Å². The van der Waals surface area contributed by atoms with Crippen LogP contribution in [0.1, 0.15) is 19.8 Å².